The second-order valence-electron chi connectivity index (χ2n) is 5.91. The fourth-order valence-corrected chi connectivity index (χ4v) is 2.82. The number of ether oxygens (including phenoxy) is 1. The van der Waals surface area contributed by atoms with Crippen LogP contribution in [0.25, 0.3) is 22.6 Å². The summed E-state index contributed by atoms with van der Waals surface area (Å²) in [5, 5.41) is 14.4. The first-order chi connectivity index (χ1) is 14.1. The Morgan fingerprint density at radius 1 is 1.10 bits per heavy atom. The summed E-state index contributed by atoms with van der Waals surface area (Å²) in [5.74, 6) is 1.60. The number of nitrogens with one attached hydrogen (secondary N) is 2. The van der Waals surface area contributed by atoms with E-state index in [0.29, 0.717) is 34.2 Å². The molecule has 0 atom stereocenters. The number of carboxylic acid groups (broad SMARTS) is 1. The summed E-state index contributed by atoms with van der Waals surface area (Å²) in [6.45, 7) is 0. The zero-order valence-corrected chi connectivity index (χ0v) is 15.2. The number of amides is 1. The number of aromatic nitrogens is 2. The topological polar surface area (TPSA) is 123 Å². The Hall–Kier alpha value is -4.27. The molecule has 0 aliphatic carbocycles. The van der Waals surface area contributed by atoms with Crippen molar-refractivity contribution in [1.82, 2.24) is 9.97 Å². The Morgan fingerprint density at radius 2 is 1.97 bits per heavy atom. The molecular weight excluding hydrogens is 376 g/mol. The number of para-hydroxylation sites is 1. The van der Waals surface area contributed by atoms with Crippen LogP contribution in [0.4, 0.5) is 22.2 Å². The summed E-state index contributed by atoms with van der Waals surface area (Å²) in [5.41, 5.74) is 2.43. The SMILES string of the molecule is COc1cc(Nc2ncc(-c3ccccc3NC(=O)O)o2)ccc1-c1cnco1. The van der Waals surface area contributed by atoms with Gasteiger partial charge in [-0.15, -0.1) is 0 Å². The van der Waals surface area contributed by atoms with Crippen LogP contribution in [0.15, 0.2) is 70.1 Å². The van der Waals surface area contributed by atoms with Gasteiger partial charge in [0.05, 0.1) is 30.8 Å². The van der Waals surface area contributed by atoms with Crippen LogP contribution >= 0.6 is 0 Å². The first-order valence-electron chi connectivity index (χ1n) is 8.53. The van der Waals surface area contributed by atoms with Gasteiger partial charge in [-0.25, -0.2) is 14.8 Å². The zero-order chi connectivity index (χ0) is 20.2. The lowest BCUT2D eigenvalue weighted by Gasteiger charge is -2.09. The van der Waals surface area contributed by atoms with Gasteiger partial charge in [-0.2, -0.15) is 0 Å². The predicted molar refractivity (Wildman–Crippen MR) is 105 cm³/mol. The van der Waals surface area contributed by atoms with Crippen LogP contribution in [0, 0.1) is 0 Å². The summed E-state index contributed by atoms with van der Waals surface area (Å²) >= 11 is 0. The van der Waals surface area contributed by atoms with Gasteiger partial charge in [-0.3, -0.25) is 5.32 Å². The number of anilines is 3. The minimum absolute atomic E-state index is 0.250. The number of rotatable bonds is 6. The number of hydrogen-bond donors (Lipinski definition) is 3. The van der Waals surface area contributed by atoms with E-state index >= 15 is 0 Å². The number of benzene rings is 2. The second-order valence-corrected chi connectivity index (χ2v) is 5.91. The summed E-state index contributed by atoms with van der Waals surface area (Å²) in [7, 11) is 1.56. The number of hydrogen-bond acceptors (Lipinski definition) is 7. The summed E-state index contributed by atoms with van der Waals surface area (Å²) in [6, 6.07) is 12.6. The Bertz CT molecular complexity index is 1140. The molecule has 0 saturated heterocycles. The van der Waals surface area contributed by atoms with Gasteiger partial charge >= 0.3 is 6.09 Å². The van der Waals surface area contributed by atoms with Crippen LogP contribution in [-0.4, -0.2) is 28.3 Å². The molecule has 146 valence electrons. The quantitative estimate of drug-likeness (QED) is 0.426. The molecule has 2 aromatic carbocycles. The molecule has 9 heteroatoms. The van der Waals surface area contributed by atoms with Crippen molar-refractivity contribution in [3.8, 4) is 28.4 Å². The van der Waals surface area contributed by atoms with Crippen molar-refractivity contribution in [2.24, 2.45) is 0 Å². The van der Waals surface area contributed by atoms with Gasteiger partial charge in [0.15, 0.2) is 17.9 Å². The Labute approximate surface area is 165 Å². The van der Waals surface area contributed by atoms with Crippen molar-refractivity contribution < 1.29 is 23.5 Å². The average Bonchev–Trinajstić information content (AvgIpc) is 3.40. The fourth-order valence-electron chi connectivity index (χ4n) is 2.82. The molecule has 2 heterocycles. The molecule has 0 unspecified atom stereocenters. The lowest BCUT2D eigenvalue weighted by Crippen LogP contribution is -2.07. The van der Waals surface area contributed by atoms with Gasteiger partial charge in [0.25, 0.3) is 6.01 Å². The fraction of sp³-hybridized carbons (Fsp3) is 0.0500. The summed E-state index contributed by atoms with van der Waals surface area (Å²) in [6.07, 6.45) is 3.32. The van der Waals surface area contributed by atoms with E-state index in [2.05, 4.69) is 20.6 Å². The number of methoxy groups -OCH3 is 1. The highest BCUT2D eigenvalue weighted by molar-refractivity contribution is 5.89. The van der Waals surface area contributed by atoms with E-state index in [-0.39, 0.29) is 6.01 Å². The van der Waals surface area contributed by atoms with Gasteiger partial charge in [0.2, 0.25) is 0 Å². The Balaban J connectivity index is 1.58. The molecule has 0 bridgehead atoms. The van der Waals surface area contributed by atoms with Crippen LogP contribution in [0.1, 0.15) is 0 Å². The molecule has 3 N–H and O–H groups in total. The third-order valence-electron chi connectivity index (χ3n) is 4.09. The molecule has 9 nitrogen and oxygen atoms in total. The average molecular weight is 392 g/mol. The van der Waals surface area contributed by atoms with E-state index in [1.165, 1.54) is 12.6 Å². The monoisotopic (exact) mass is 392 g/mol. The Kier molecular flexibility index (Phi) is 4.85. The van der Waals surface area contributed by atoms with Gasteiger partial charge in [-0.1, -0.05) is 12.1 Å². The summed E-state index contributed by atoms with van der Waals surface area (Å²) in [4.78, 5) is 19.1. The number of oxazole rings is 2. The van der Waals surface area contributed by atoms with Gasteiger partial charge in [0.1, 0.15) is 5.75 Å². The van der Waals surface area contributed by atoms with Gasteiger partial charge in [-0.05, 0) is 24.3 Å². The van der Waals surface area contributed by atoms with E-state index in [1.807, 2.05) is 12.1 Å². The second kappa shape index (κ2) is 7.77. The standard InChI is InChI=1S/C20H16N4O5/c1-27-16-8-12(6-7-14(16)17-9-21-11-28-17)23-19-22-10-18(29-19)13-4-2-3-5-15(13)24-20(25)26/h2-11,24H,1H3,(H,22,23)(H,25,26). The molecule has 0 aliphatic heterocycles. The van der Waals surface area contributed by atoms with Crippen LogP contribution in [0.2, 0.25) is 0 Å². The maximum Gasteiger partial charge on any atom is 0.409 e. The Morgan fingerprint density at radius 3 is 2.72 bits per heavy atom. The first-order valence-corrected chi connectivity index (χ1v) is 8.53. The van der Waals surface area contributed by atoms with E-state index in [9.17, 15) is 4.79 Å². The third kappa shape index (κ3) is 3.88. The molecule has 0 fully saturated rings. The van der Waals surface area contributed by atoms with Crippen LogP contribution in [-0.2, 0) is 0 Å². The van der Waals surface area contributed by atoms with Crippen molar-refractivity contribution >= 4 is 23.5 Å². The number of carbonyl (C=O) groups is 1. The summed E-state index contributed by atoms with van der Waals surface area (Å²) < 4.78 is 16.5. The normalized spacial score (nSPS) is 10.5. The molecule has 4 rings (SSSR count). The lowest BCUT2D eigenvalue weighted by atomic mass is 10.1. The molecule has 0 aliphatic rings. The molecule has 4 aromatic rings. The van der Waals surface area contributed by atoms with Crippen molar-refractivity contribution in [3.63, 3.8) is 0 Å². The van der Waals surface area contributed by atoms with Crippen molar-refractivity contribution in [3.05, 3.63) is 61.3 Å². The van der Waals surface area contributed by atoms with Crippen molar-refractivity contribution in [2.75, 3.05) is 17.7 Å². The number of nitrogens with zero attached hydrogens (tertiary/aromatic N) is 2. The minimum Gasteiger partial charge on any atom is -0.496 e. The maximum absolute atomic E-state index is 11.0. The molecule has 2 aromatic heterocycles. The molecule has 1 amide bonds. The lowest BCUT2D eigenvalue weighted by molar-refractivity contribution is 0.210. The molecule has 0 radical (unpaired) electrons. The van der Waals surface area contributed by atoms with Crippen molar-refractivity contribution in [1.29, 1.82) is 0 Å². The third-order valence-corrected chi connectivity index (χ3v) is 4.09. The molecule has 0 spiro atoms. The zero-order valence-electron chi connectivity index (χ0n) is 15.2. The van der Waals surface area contributed by atoms with E-state index in [0.717, 1.165) is 5.56 Å². The molecular formula is C20H16N4O5. The largest absolute Gasteiger partial charge is 0.496 e. The highest BCUT2D eigenvalue weighted by Gasteiger charge is 2.14. The smallest absolute Gasteiger partial charge is 0.409 e. The molecule has 0 saturated carbocycles. The predicted octanol–water partition coefficient (Wildman–Crippen LogP) is 4.84. The molecule has 29 heavy (non-hydrogen) atoms. The maximum atomic E-state index is 11.0. The van der Waals surface area contributed by atoms with E-state index in [4.69, 9.17) is 18.7 Å². The van der Waals surface area contributed by atoms with Crippen molar-refractivity contribution in [2.45, 2.75) is 0 Å². The van der Waals surface area contributed by atoms with Crippen LogP contribution in [0.5, 0.6) is 5.75 Å². The van der Waals surface area contributed by atoms with Gasteiger partial charge < -0.3 is 24.0 Å². The highest BCUT2D eigenvalue weighted by atomic mass is 16.5. The van der Waals surface area contributed by atoms with E-state index < -0.39 is 6.09 Å². The highest BCUT2D eigenvalue weighted by Crippen LogP contribution is 2.34. The van der Waals surface area contributed by atoms with Crippen LogP contribution < -0.4 is 15.4 Å². The van der Waals surface area contributed by atoms with Crippen LogP contribution in [0.3, 0.4) is 0 Å². The van der Waals surface area contributed by atoms with E-state index in [1.54, 1.807) is 43.6 Å². The first kappa shape index (κ1) is 18.1. The minimum atomic E-state index is -1.16. The van der Waals surface area contributed by atoms with Gasteiger partial charge in [0, 0.05) is 17.3 Å².